The Hall–Kier alpha value is -2.00. The zero-order valence-electron chi connectivity index (χ0n) is 16.0. The van der Waals surface area contributed by atoms with Crippen molar-refractivity contribution in [3.05, 3.63) is 58.6 Å². The van der Waals surface area contributed by atoms with Crippen molar-refractivity contribution < 1.29 is 9.53 Å². The van der Waals surface area contributed by atoms with Crippen LogP contribution in [0.15, 0.2) is 42.5 Å². The maximum Gasteiger partial charge on any atom is 0.224 e. The Balaban J connectivity index is 1.92. The highest BCUT2D eigenvalue weighted by Gasteiger charge is 2.15. The summed E-state index contributed by atoms with van der Waals surface area (Å²) in [5.74, 6) is 1.51. The van der Waals surface area contributed by atoms with Crippen molar-refractivity contribution in [1.82, 2.24) is 0 Å². The molecule has 0 aliphatic rings. The molecule has 0 unspecified atom stereocenters. The quantitative estimate of drug-likeness (QED) is 0.545. The van der Waals surface area contributed by atoms with Crippen LogP contribution in [0, 0.1) is 0 Å². The summed E-state index contributed by atoms with van der Waals surface area (Å²) in [6.07, 6.45) is 1.09. The van der Waals surface area contributed by atoms with Crippen molar-refractivity contribution in [2.75, 3.05) is 11.9 Å². The molecule has 0 aliphatic heterocycles. The minimum Gasteiger partial charge on any atom is -0.494 e. The molecule has 0 aliphatic carbocycles. The number of hydrogen-bond donors (Lipinski definition) is 1. The zero-order valence-corrected chi connectivity index (χ0v) is 16.8. The van der Waals surface area contributed by atoms with E-state index in [1.807, 2.05) is 12.1 Å². The molecular formula is C22H28ClNO2. The van der Waals surface area contributed by atoms with Gasteiger partial charge in [-0.1, -0.05) is 57.5 Å². The van der Waals surface area contributed by atoms with Gasteiger partial charge in [-0.25, -0.2) is 0 Å². The molecule has 1 N–H and O–H groups in total. The first-order chi connectivity index (χ1) is 12.4. The topological polar surface area (TPSA) is 38.3 Å². The molecule has 0 saturated heterocycles. The van der Waals surface area contributed by atoms with Crippen LogP contribution >= 0.6 is 11.6 Å². The molecule has 0 heterocycles. The van der Waals surface area contributed by atoms with Gasteiger partial charge >= 0.3 is 0 Å². The van der Waals surface area contributed by atoms with Crippen LogP contribution in [0.4, 0.5) is 5.69 Å². The van der Waals surface area contributed by atoms with Gasteiger partial charge < -0.3 is 10.1 Å². The van der Waals surface area contributed by atoms with Crippen molar-refractivity contribution in [2.45, 2.75) is 52.4 Å². The number of carbonyl (C=O) groups excluding carboxylic acids is 1. The fraction of sp³-hybridized carbons (Fsp3) is 0.409. The molecule has 2 aromatic carbocycles. The number of amides is 1. The van der Waals surface area contributed by atoms with Crippen LogP contribution in [0.5, 0.6) is 5.75 Å². The number of hydrogen-bond acceptors (Lipinski definition) is 2. The largest absolute Gasteiger partial charge is 0.494 e. The van der Waals surface area contributed by atoms with E-state index in [1.165, 1.54) is 11.1 Å². The van der Waals surface area contributed by atoms with E-state index in [0.29, 0.717) is 36.3 Å². The summed E-state index contributed by atoms with van der Waals surface area (Å²) < 4.78 is 5.65. The number of para-hydroxylation sites is 1. The van der Waals surface area contributed by atoms with Crippen molar-refractivity contribution in [3.63, 3.8) is 0 Å². The summed E-state index contributed by atoms with van der Waals surface area (Å²) in [5, 5.41) is 3.82. The molecule has 1 amide bonds. The Labute approximate surface area is 161 Å². The minimum absolute atomic E-state index is 0.0275. The maximum absolute atomic E-state index is 12.4. The molecule has 4 heteroatoms. The van der Waals surface area contributed by atoms with Gasteiger partial charge in [0.1, 0.15) is 5.75 Å². The SMILES string of the molecule is CC(C)c1cccc(C(C)C)c1NC(=O)CCCOc1ccc(Cl)cc1. The van der Waals surface area contributed by atoms with Crippen LogP contribution in [0.2, 0.25) is 5.02 Å². The Bertz CT molecular complexity index is 697. The molecule has 0 spiro atoms. The third-order valence-electron chi connectivity index (χ3n) is 4.27. The third kappa shape index (κ3) is 5.77. The Morgan fingerprint density at radius 1 is 1.00 bits per heavy atom. The number of ether oxygens (including phenoxy) is 1. The number of rotatable bonds is 8. The normalized spacial score (nSPS) is 11.0. The van der Waals surface area contributed by atoms with Crippen molar-refractivity contribution in [1.29, 1.82) is 0 Å². The molecule has 2 aromatic rings. The molecule has 0 saturated carbocycles. The highest BCUT2D eigenvalue weighted by atomic mass is 35.5. The summed E-state index contributed by atoms with van der Waals surface area (Å²) in [6.45, 7) is 9.09. The molecule has 0 bridgehead atoms. The van der Waals surface area contributed by atoms with Crippen LogP contribution in [-0.4, -0.2) is 12.5 Å². The van der Waals surface area contributed by atoms with Gasteiger partial charge in [-0.2, -0.15) is 0 Å². The van der Waals surface area contributed by atoms with Gasteiger partial charge in [-0.05, 0) is 53.6 Å². The van der Waals surface area contributed by atoms with Crippen LogP contribution in [0.25, 0.3) is 0 Å². The minimum atomic E-state index is 0.0275. The molecule has 26 heavy (non-hydrogen) atoms. The van der Waals surface area contributed by atoms with Gasteiger partial charge in [0.2, 0.25) is 5.91 Å². The third-order valence-corrected chi connectivity index (χ3v) is 4.52. The molecule has 3 nitrogen and oxygen atoms in total. The van der Waals surface area contributed by atoms with Gasteiger partial charge in [0.25, 0.3) is 0 Å². The second-order valence-electron chi connectivity index (χ2n) is 7.07. The van der Waals surface area contributed by atoms with E-state index in [0.717, 1.165) is 11.4 Å². The van der Waals surface area contributed by atoms with Gasteiger partial charge in [-0.3, -0.25) is 4.79 Å². The van der Waals surface area contributed by atoms with Gasteiger partial charge in [0.05, 0.1) is 6.61 Å². The van der Waals surface area contributed by atoms with Gasteiger partial charge in [0, 0.05) is 17.1 Å². The van der Waals surface area contributed by atoms with Crippen molar-refractivity contribution in [3.8, 4) is 5.75 Å². The molecule has 0 aromatic heterocycles. The number of nitrogens with one attached hydrogen (secondary N) is 1. The number of carbonyl (C=O) groups is 1. The predicted octanol–water partition coefficient (Wildman–Crippen LogP) is 6.38. The average molecular weight is 374 g/mol. The first-order valence-electron chi connectivity index (χ1n) is 9.19. The van der Waals surface area contributed by atoms with Crippen molar-refractivity contribution in [2.24, 2.45) is 0 Å². The van der Waals surface area contributed by atoms with Gasteiger partial charge in [0.15, 0.2) is 0 Å². The lowest BCUT2D eigenvalue weighted by molar-refractivity contribution is -0.116. The highest BCUT2D eigenvalue weighted by Crippen LogP contribution is 2.32. The Morgan fingerprint density at radius 2 is 1.58 bits per heavy atom. The number of benzene rings is 2. The van der Waals surface area contributed by atoms with E-state index in [1.54, 1.807) is 12.1 Å². The van der Waals surface area contributed by atoms with Crippen LogP contribution in [0.1, 0.15) is 63.5 Å². The lowest BCUT2D eigenvalue weighted by Gasteiger charge is -2.20. The monoisotopic (exact) mass is 373 g/mol. The van der Waals surface area contributed by atoms with Crippen LogP contribution in [-0.2, 0) is 4.79 Å². The molecule has 0 fully saturated rings. The average Bonchev–Trinajstić information content (AvgIpc) is 2.60. The summed E-state index contributed by atoms with van der Waals surface area (Å²) >= 11 is 5.85. The molecule has 0 radical (unpaired) electrons. The lowest BCUT2D eigenvalue weighted by Crippen LogP contribution is -2.16. The molecular weight excluding hydrogens is 346 g/mol. The van der Waals surface area contributed by atoms with E-state index in [4.69, 9.17) is 16.3 Å². The van der Waals surface area contributed by atoms with E-state index < -0.39 is 0 Å². The van der Waals surface area contributed by atoms with Gasteiger partial charge in [-0.15, -0.1) is 0 Å². The number of anilines is 1. The predicted molar refractivity (Wildman–Crippen MR) is 109 cm³/mol. The Morgan fingerprint density at radius 3 is 2.12 bits per heavy atom. The second-order valence-corrected chi connectivity index (χ2v) is 7.51. The standard InChI is InChI=1S/C22H28ClNO2/c1-15(2)19-7-5-8-20(16(3)4)22(19)24-21(25)9-6-14-26-18-12-10-17(23)11-13-18/h5,7-8,10-13,15-16H,6,9,14H2,1-4H3,(H,24,25). The fourth-order valence-corrected chi connectivity index (χ4v) is 2.98. The van der Waals surface area contributed by atoms with E-state index in [-0.39, 0.29) is 5.91 Å². The van der Waals surface area contributed by atoms with E-state index in [9.17, 15) is 4.79 Å². The molecule has 0 atom stereocenters. The summed E-state index contributed by atoms with van der Waals surface area (Å²) in [7, 11) is 0. The smallest absolute Gasteiger partial charge is 0.224 e. The first-order valence-corrected chi connectivity index (χ1v) is 9.57. The van der Waals surface area contributed by atoms with Crippen LogP contribution in [0.3, 0.4) is 0 Å². The second kappa shape index (κ2) is 9.63. The van der Waals surface area contributed by atoms with E-state index >= 15 is 0 Å². The lowest BCUT2D eigenvalue weighted by atomic mass is 9.92. The van der Waals surface area contributed by atoms with Crippen molar-refractivity contribution >= 4 is 23.2 Å². The van der Waals surface area contributed by atoms with Crippen LogP contribution < -0.4 is 10.1 Å². The summed E-state index contributed by atoms with van der Waals surface area (Å²) in [5.41, 5.74) is 3.34. The highest BCUT2D eigenvalue weighted by molar-refractivity contribution is 6.30. The van der Waals surface area contributed by atoms with E-state index in [2.05, 4.69) is 51.2 Å². The maximum atomic E-state index is 12.4. The molecule has 2 rings (SSSR count). The Kier molecular flexibility index (Phi) is 7.52. The molecule has 140 valence electrons. The number of halogens is 1. The summed E-state index contributed by atoms with van der Waals surface area (Å²) in [6, 6.07) is 13.5. The zero-order chi connectivity index (χ0) is 19.1. The first kappa shape index (κ1) is 20.3. The summed E-state index contributed by atoms with van der Waals surface area (Å²) in [4.78, 5) is 12.4. The fourth-order valence-electron chi connectivity index (χ4n) is 2.85.